The van der Waals surface area contributed by atoms with Crippen molar-refractivity contribution < 1.29 is 13.9 Å². The summed E-state index contributed by atoms with van der Waals surface area (Å²) >= 11 is 0. The number of methoxy groups -OCH3 is 1. The van der Waals surface area contributed by atoms with E-state index >= 15 is 0 Å². The van der Waals surface area contributed by atoms with Crippen LogP contribution < -0.4 is 5.32 Å². The number of ether oxygens (including phenoxy) is 1. The van der Waals surface area contributed by atoms with E-state index in [1.807, 2.05) is 31.3 Å². The van der Waals surface area contributed by atoms with E-state index in [0.717, 1.165) is 11.3 Å². The zero-order chi connectivity index (χ0) is 12.3. The van der Waals surface area contributed by atoms with Crippen LogP contribution in [0.3, 0.4) is 0 Å². The molecule has 0 aliphatic carbocycles. The number of rotatable bonds is 3. The molecule has 0 saturated heterocycles. The van der Waals surface area contributed by atoms with Crippen molar-refractivity contribution >= 4 is 11.7 Å². The number of esters is 1. The van der Waals surface area contributed by atoms with Gasteiger partial charge in [-0.3, -0.25) is 0 Å². The third kappa shape index (κ3) is 2.30. The largest absolute Gasteiger partial charge is 0.463 e. The van der Waals surface area contributed by atoms with E-state index in [1.54, 1.807) is 12.1 Å². The second-order valence-corrected chi connectivity index (χ2v) is 3.48. The molecular weight excluding hydrogens is 218 g/mol. The number of benzene rings is 1. The van der Waals surface area contributed by atoms with E-state index in [1.165, 1.54) is 7.11 Å². The first-order chi connectivity index (χ1) is 8.24. The second kappa shape index (κ2) is 4.74. The second-order valence-electron chi connectivity index (χ2n) is 3.48. The summed E-state index contributed by atoms with van der Waals surface area (Å²) in [5.41, 5.74) is 1.94. The third-order valence-electron chi connectivity index (χ3n) is 2.45. The van der Waals surface area contributed by atoms with Gasteiger partial charge < -0.3 is 14.5 Å². The molecule has 1 aromatic heterocycles. The summed E-state index contributed by atoms with van der Waals surface area (Å²) in [6.07, 6.45) is 0. The average Bonchev–Trinajstić information content (AvgIpc) is 2.87. The molecule has 2 aromatic rings. The lowest BCUT2D eigenvalue weighted by molar-refractivity contribution is 0.0566. The average molecular weight is 231 g/mol. The van der Waals surface area contributed by atoms with Crippen molar-refractivity contribution in [1.82, 2.24) is 0 Å². The molecule has 0 amide bonds. The maximum absolute atomic E-state index is 11.2. The molecule has 0 atom stereocenters. The quantitative estimate of drug-likeness (QED) is 0.825. The molecular formula is C13H13NO3. The maximum atomic E-state index is 11.2. The standard InChI is InChI=1S/C13H13NO3/c1-14-10-5-3-9(4-6-10)11-7-8-12(17-11)13(15)16-2/h3-8,14H,1-2H3. The molecule has 0 radical (unpaired) electrons. The lowest BCUT2D eigenvalue weighted by Crippen LogP contribution is -1.98. The fourth-order valence-corrected chi connectivity index (χ4v) is 1.50. The molecule has 2 rings (SSSR count). The molecule has 4 nitrogen and oxygen atoms in total. The Morgan fingerprint density at radius 3 is 2.47 bits per heavy atom. The minimum absolute atomic E-state index is 0.209. The number of carbonyl (C=O) groups excluding carboxylic acids is 1. The van der Waals surface area contributed by atoms with Gasteiger partial charge >= 0.3 is 5.97 Å². The number of nitrogens with one attached hydrogen (secondary N) is 1. The molecule has 0 aliphatic heterocycles. The van der Waals surface area contributed by atoms with Crippen LogP contribution >= 0.6 is 0 Å². The van der Waals surface area contributed by atoms with E-state index in [4.69, 9.17) is 4.42 Å². The van der Waals surface area contributed by atoms with Gasteiger partial charge in [0.15, 0.2) is 0 Å². The topological polar surface area (TPSA) is 51.5 Å². The molecule has 0 unspecified atom stereocenters. The van der Waals surface area contributed by atoms with E-state index in [9.17, 15) is 4.79 Å². The highest BCUT2D eigenvalue weighted by atomic mass is 16.5. The number of anilines is 1. The predicted molar refractivity (Wildman–Crippen MR) is 65.0 cm³/mol. The third-order valence-corrected chi connectivity index (χ3v) is 2.45. The highest BCUT2D eigenvalue weighted by Gasteiger charge is 2.11. The summed E-state index contributed by atoms with van der Waals surface area (Å²) in [4.78, 5) is 11.2. The van der Waals surface area contributed by atoms with Crippen molar-refractivity contribution in [3.05, 3.63) is 42.2 Å². The van der Waals surface area contributed by atoms with Crippen LogP contribution in [0.4, 0.5) is 5.69 Å². The van der Waals surface area contributed by atoms with Gasteiger partial charge in [0, 0.05) is 18.3 Å². The van der Waals surface area contributed by atoms with Crippen molar-refractivity contribution in [2.24, 2.45) is 0 Å². The van der Waals surface area contributed by atoms with Gasteiger partial charge in [-0.2, -0.15) is 0 Å². The van der Waals surface area contributed by atoms with Crippen LogP contribution in [-0.4, -0.2) is 20.1 Å². The summed E-state index contributed by atoms with van der Waals surface area (Å²) in [5, 5.41) is 3.03. The van der Waals surface area contributed by atoms with Gasteiger partial charge in [0.05, 0.1) is 7.11 Å². The zero-order valence-electron chi connectivity index (χ0n) is 9.69. The Morgan fingerprint density at radius 2 is 1.88 bits per heavy atom. The first-order valence-electron chi connectivity index (χ1n) is 5.21. The molecule has 1 N–H and O–H groups in total. The SMILES string of the molecule is CNc1ccc(-c2ccc(C(=O)OC)o2)cc1. The van der Waals surface area contributed by atoms with E-state index in [-0.39, 0.29) is 5.76 Å². The number of hydrogen-bond donors (Lipinski definition) is 1. The van der Waals surface area contributed by atoms with Crippen molar-refractivity contribution in [2.75, 3.05) is 19.5 Å². The summed E-state index contributed by atoms with van der Waals surface area (Å²) in [6, 6.07) is 11.1. The summed E-state index contributed by atoms with van der Waals surface area (Å²) in [5.74, 6) is 0.386. The van der Waals surface area contributed by atoms with Crippen LogP contribution in [-0.2, 0) is 4.74 Å². The first-order valence-corrected chi connectivity index (χ1v) is 5.21. The number of furan rings is 1. The Kier molecular flexibility index (Phi) is 3.14. The van der Waals surface area contributed by atoms with Crippen LogP contribution in [0.1, 0.15) is 10.6 Å². The van der Waals surface area contributed by atoms with Crippen molar-refractivity contribution in [1.29, 1.82) is 0 Å². The van der Waals surface area contributed by atoms with Crippen LogP contribution in [0.5, 0.6) is 0 Å². The highest BCUT2D eigenvalue weighted by Crippen LogP contribution is 2.23. The lowest BCUT2D eigenvalue weighted by atomic mass is 10.1. The van der Waals surface area contributed by atoms with E-state index in [2.05, 4.69) is 10.1 Å². The van der Waals surface area contributed by atoms with Gasteiger partial charge in [-0.25, -0.2) is 4.79 Å². The molecule has 1 heterocycles. The van der Waals surface area contributed by atoms with Crippen LogP contribution in [0, 0.1) is 0 Å². The number of carbonyl (C=O) groups is 1. The van der Waals surface area contributed by atoms with Gasteiger partial charge in [-0.15, -0.1) is 0 Å². The normalized spacial score (nSPS) is 10.0. The predicted octanol–water partition coefficient (Wildman–Crippen LogP) is 2.77. The molecule has 88 valence electrons. The van der Waals surface area contributed by atoms with Crippen LogP contribution in [0.25, 0.3) is 11.3 Å². The Morgan fingerprint density at radius 1 is 1.18 bits per heavy atom. The first kappa shape index (κ1) is 11.3. The minimum Gasteiger partial charge on any atom is -0.463 e. The van der Waals surface area contributed by atoms with Gasteiger partial charge in [0.2, 0.25) is 5.76 Å². The monoisotopic (exact) mass is 231 g/mol. The Bertz CT molecular complexity index is 514. The van der Waals surface area contributed by atoms with Gasteiger partial charge in [0.25, 0.3) is 0 Å². The number of hydrogen-bond acceptors (Lipinski definition) is 4. The lowest BCUT2D eigenvalue weighted by Gasteiger charge is -2.01. The maximum Gasteiger partial charge on any atom is 0.373 e. The van der Waals surface area contributed by atoms with Crippen molar-refractivity contribution in [3.63, 3.8) is 0 Å². The Labute approximate surface area is 99.2 Å². The molecule has 0 fully saturated rings. The summed E-state index contributed by atoms with van der Waals surface area (Å²) in [6.45, 7) is 0. The van der Waals surface area contributed by atoms with Crippen LogP contribution in [0.15, 0.2) is 40.8 Å². The van der Waals surface area contributed by atoms with Crippen LogP contribution in [0.2, 0.25) is 0 Å². The molecule has 17 heavy (non-hydrogen) atoms. The van der Waals surface area contributed by atoms with Crippen molar-refractivity contribution in [3.8, 4) is 11.3 Å². The smallest absolute Gasteiger partial charge is 0.373 e. The molecule has 0 saturated carbocycles. The fraction of sp³-hybridized carbons (Fsp3) is 0.154. The minimum atomic E-state index is -0.469. The molecule has 0 aliphatic rings. The Balaban J connectivity index is 2.27. The van der Waals surface area contributed by atoms with E-state index < -0.39 is 5.97 Å². The zero-order valence-corrected chi connectivity index (χ0v) is 9.69. The molecule has 4 heteroatoms. The molecule has 1 aromatic carbocycles. The Hall–Kier alpha value is -2.23. The highest BCUT2D eigenvalue weighted by molar-refractivity contribution is 5.87. The molecule has 0 spiro atoms. The van der Waals surface area contributed by atoms with Crippen molar-refractivity contribution in [2.45, 2.75) is 0 Å². The van der Waals surface area contributed by atoms with Gasteiger partial charge in [-0.1, -0.05) is 0 Å². The van der Waals surface area contributed by atoms with E-state index in [0.29, 0.717) is 5.76 Å². The summed E-state index contributed by atoms with van der Waals surface area (Å²) < 4.78 is 9.98. The fourth-order valence-electron chi connectivity index (χ4n) is 1.50. The van der Waals surface area contributed by atoms with Gasteiger partial charge in [-0.05, 0) is 36.4 Å². The molecule has 0 bridgehead atoms. The summed E-state index contributed by atoms with van der Waals surface area (Å²) in [7, 11) is 3.18. The van der Waals surface area contributed by atoms with Gasteiger partial charge in [0.1, 0.15) is 5.76 Å².